The molecule has 2 aromatic rings. The molecule has 1 unspecified atom stereocenters. The van der Waals surface area contributed by atoms with E-state index in [1.807, 2.05) is 26.0 Å². The summed E-state index contributed by atoms with van der Waals surface area (Å²) in [4.78, 5) is 10.8. The molecule has 0 aliphatic carbocycles. The third kappa shape index (κ3) is 6.69. The number of benzene rings is 1. The Bertz CT molecular complexity index is 726. The van der Waals surface area contributed by atoms with Gasteiger partial charge < -0.3 is 24.7 Å². The summed E-state index contributed by atoms with van der Waals surface area (Å²) in [6.45, 7) is 5.03. The van der Waals surface area contributed by atoms with Crippen molar-refractivity contribution in [2.24, 2.45) is 4.99 Å². The minimum Gasteiger partial charge on any atom is -0.497 e. The number of hydrogen-bond donors (Lipinski definition) is 2. The summed E-state index contributed by atoms with van der Waals surface area (Å²) in [6, 6.07) is 8.29. The monoisotopic (exact) mass is 487 g/mol. The van der Waals surface area contributed by atoms with Crippen molar-refractivity contribution in [3.63, 3.8) is 0 Å². The molecule has 1 aromatic heterocycles. The fraction of sp³-hybridized carbons (Fsp3) is 0.474. The second-order valence-corrected chi connectivity index (χ2v) is 6.31. The number of hydrogen-bond acceptors (Lipinski definition) is 5. The summed E-state index contributed by atoms with van der Waals surface area (Å²) < 4.78 is 10.9. The molecule has 8 heteroatoms. The summed E-state index contributed by atoms with van der Waals surface area (Å²) in [5, 5.41) is 6.60. The molecule has 2 rings (SSSR count). The largest absolute Gasteiger partial charge is 0.497 e. The lowest BCUT2D eigenvalue weighted by Crippen LogP contribution is -2.41. The molecule has 1 aromatic carbocycles. The number of ether oxygens (including phenoxy) is 1. The number of aliphatic imine (C=N–C) groups is 1. The van der Waals surface area contributed by atoms with Crippen molar-refractivity contribution in [3.05, 3.63) is 47.2 Å². The Kier molecular flexibility index (Phi) is 9.57. The number of guanidine groups is 1. The van der Waals surface area contributed by atoms with Crippen LogP contribution in [0.1, 0.15) is 29.0 Å². The van der Waals surface area contributed by atoms with E-state index in [4.69, 9.17) is 9.15 Å². The first-order valence-electron chi connectivity index (χ1n) is 8.62. The quantitative estimate of drug-likeness (QED) is 0.356. The van der Waals surface area contributed by atoms with Crippen LogP contribution in [0.2, 0.25) is 0 Å². The molecule has 0 aliphatic rings. The minimum absolute atomic E-state index is 0. The van der Waals surface area contributed by atoms with Crippen LogP contribution in [0.3, 0.4) is 0 Å². The molecule has 0 bridgehead atoms. The number of oxazole rings is 1. The van der Waals surface area contributed by atoms with Gasteiger partial charge in [0.2, 0.25) is 5.89 Å². The average molecular weight is 487 g/mol. The predicted octanol–water partition coefficient (Wildman–Crippen LogP) is 2.89. The van der Waals surface area contributed by atoms with E-state index in [1.54, 1.807) is 14.2 Å². The molecule has 0 radical (unpaired) electrons. The van der Waals surface area contributed by atoms with Crippen LogP contribution < -0.4 is 15.4 Å². The van der Waals surface area contributed by atoms with Gasteiger partial charge in [-0.25, -0.2) is 4.98 Å². The Labute approximate surface area is 178 Å². The first-order chi connectivity index (χ1) is 12.4. The zero-order chi connectivity index (χ0) is 19.1. The van der Waals surface area contributed by atoms with Crippen LogP contribution in [0.5, 0.6) is 5.75 Å². The van der Waals surface area contributed by atoms with Gasteiger partial charge in [0.15, 0.2) is 5.96 Å². The van der Waals surface area contributed by atoms with Crippen molar-refractivity contribution >= 4 is 29.9 Å². The number of likely N-dealkylation sites (N-methyl/N-ethyl adjacent to an activating group) is 1. The van der Waals surface area contributed by atoms with E-state index in [2.05, 4.69) is 51.7 Å². The summed E-state index contributed by atoms with van der Waals surface area (Å²) >= 11 is 0. The van der Waals surface area contributed by atoms with E-state index in [-0.39, 0.29) is 30.0 Å². The minimum atomic E-state index is 0. The molecule has 0 amide bonds. The van der Waals surface area contributed by atoms with Crippen LogP contribution in [0.15, 0.2) is 33.7 Å². The van der Waals surface area contributed by atoms with Crippen molar-refractivity contribution in [2.75, 3.05) is 34.8 Å². The molecule has 1 atom stereocenters. The number of aryl methyl sites for hydroxylation is 2. The zero-order valence-corrected chi connectivity index (χ0v) is 19.2. The maximum atomic E-state index is 5.59. The predicted molar refractivity (Wildman–Crippen MR) is 119 cm³/mol. The van der Waals surface area contributed by atoms with E-state index >= 15 is 0 Å². The maximum Gasteiger partial charge on any atom is 0.214 e. The molecule has 1 heterocycles. The molecule has 2 N–H and O–H groups in total. The molecule has 0 spiro atoms. The first-order valence-corrected chi connectivity index (χ1v) is 8.62. The molecule has 0 saturated carbocycles. The number of methoxy groups -OCH3 is 1. The fourth-order valence-electron chi connectivity index (χ4n) is 2.64. The lowest BCUT2D eigenvalue weighted by molar-refractivity contribution is 0.297. The van der Waals surface area contributed by atoms with E-state index < -0.39 is 0 Å². The van der Waals surface area contributed by atoms with Crippen LogP contribution in [0.4, 0.5) is 0 Å². The summed E-state index contributed by atoms with van der Waals surface area (Å²) in [6.07, 6.45) is 0. The second-order valence-electron chi connectivity index (χ2n) is 6.31. The highest BCUT2D eigenvalue weighted by atomic mass is 127. The number of aromatic nitrogens is 1. The Morgan fingerprint density at radius 1 is 1.30 bits per heavy atom. The van der Waals surface area contributed by atoms with Crippen LogP contribution in [-0.4, -0.2) is 50.6 Å². The Morgan fingerprint density at radius 3 is 2.59 bits per heavy atom. The third-order valence-corrected chi connectivity index (χ3v) is 4.27. The van der Waals surface area contributed by atoms with Gasteiger partial charge in [0.1, 0.15) is 11.5 Å². The highest BCUT2D eigenvalue weighted by Gasteiger charge is 2.15. The highest BCUT2D eigenvalue weighted by Crippen LogP contribution is 2.22. The second kappa shape index (κ2) is 11.1. The SMILES string of the molecule is CN=C(NCc1nc(C)c(C)o1)NCC(c1cccc(OC)c1)N(C)C.I. The van der Waals surface area contributed by atoms with Gasteiger partial charge in [-0.3, -0.25) is 4.99 Å². The van der Waals surface area contributed by atoms with Crippen LogP contribution in [0, 0.1) is 13.8 Å². The number of nitrogens with one attached hydrogen (secondary N) is 2. The van der Waals surface area contributed by atoms with E-state index in [0.29, 0.717) is 24.9 Å². The lowest BCUT2D eigenvalue weighted by Gasteiger charge is -2.26. The van der Waals surface area contributed by atoms with Gasteiger partial charge in [0.25, 0.3) is 0 Å². The molecular formula is C19H30IN5O2. The molecule has 0 saturated heterocycles. The van der Waals surface area contributed by atoms with E-state index in [9.17, 15) is 0 Å². The molecular weight excluding hydrogens is 457 g/mol. The van der Waals surface area contributed by atoms with Gasteiger partial charge in [0, 0.05) is 13.6 Å². The normalized spacial score (nSPS) is 12.5. The average Bonchev–Trinajstić information content (AvgIpc) is 2.95. The van der Waals surface area contributed by atoms with Crippen LogP contribution in [0.25, 0.3) is 0 Å². The van der Waals surface area contributed by atoms with E-state index in [1.165, 1.54) is 5.56 Å². The molecule has 150 valence electrons. The first kappa shape index (κ1) is 23.2. The highest BCUT2D eigenvalue weighted by molar-refractivity contribution is 14.0. The Morgan fingerprint density at radius 2 is 2.04 bits per heavy atom. The van der Waals surface area contributed by atoms with Gasteiger partial charge in [-0.2, -0.15) is 0 Å². The standard InChI is InChI=1S/C19H29N5O2.HI/c1-13-14(2)26-18(23-13)12-22-19(20-3)21-11-17(24(4)5)15-8-7-9-16(10-15)25-6;/h7-10,17H,11-12H2,1-6H3,(H2,20,21,22);1H. The smallest absolute Gasteiger partial charge is 0.214 e. The Balaban J connectivity index is 0.00000364. The zero-order valence-electron chi connectivity index (χ0n) is 16.9. The molecule has 0 fully saturated rings. The third-order valence-electron chi connectivity index (χ3n) is 4.27. The fourth-order valence-corrected chi connectivity index (χ4v) is 2.64. The van der Waals surface area contributed by atoms with Gasteiger partial charge in [0.05, 0.1) is 25.4 Å². The number of rotatable bonds is 7. The molecule has 27 heavy (non-hydrogen) atoms. The van der Waals surface area contributed by atoms with Crippen molar-refractivity contribution in [1.82, 2.24) is 20.5 Å². The Hall–Kier alpha value is -1.81. The summed E-state index contributed by atoms with van der Waals surface area (Å²) in [7, 11) is 7.54. The van der Waals surface area contributed by atoms with Crippen molar-refractivity contribution < 1.29 is 9.15 Å². The van der Waals surface area contributed by atoms with E-state index in [0.717, 1.165) is 17.2 Å². The topological polar surface area (TPSA) is 74.9 Å². The van der Waals surface area contributed by atoms with Crippen LogP contribution >= 0.6 is 24.0 Å². The van der Waals surface area contributed by atoms with Crippen molar-refractivity contribution in [3.8, 4) is 5.75 Å². The summed E-state index contributed by atoms with van der Waals surface area (Å²) in [5.41, 5.74) is 2.09. The van der Waals surface area contributed by atoms with Gasteiger partial charge in [-0.05, 0) is 45.6 Å². The number of halogens is 1. The molecule has 7 nitrogen and oxygen atoms in total. The lowest BCUT2D eigenvalue weighted by atomic mass is 10.1. The van der Waals surface area contributed by atoms with Gasteiger partial charge in [-0.15, -0.1) is 24.0 Å². The summed E-state index contributed by atoms with van der Waals surface area (Å²) in [5.74, 6) is 3.05. The van der Waals surface area contributed by atoms with Crippen molar-refractivity contribution in [1.29, 1.82) is 0 Å². The molecule has 0 aliphatic heterocycles. The van der Waals surface area contributed by atoms with Crippen LogP contribution in [-0.2, 0) is 6.54 Å². The number of nitrogens with zero attached hydrogens (tertiary/aromatic N) is 3. The maximum absolute atomic E-state index is 5.59. The van der Waals surface area contributed by atoms with Gasteiger partial charge in [-0.1, -0.05) is 12.1 Å². The van der Waals surface area contributed by atoms with Crippen molar-refractivity contribution in [2.45, 2.75) is 26.4 Å². The van der Waals surface area contributed by atoms with Gasteiger partial charge >= 0.3 is 0 Å².